The van der Waals surface area contributed by atoms with Crippen LogP contribution >= 0.6 is 27.5 Å². The smallest absolute Gasteiger partial charge is 0.344 e. The fraction of sp³-hybridized carbons (Fsp3) is 0.273. The molecule has 0 aliphatic rings. The minimum atomic E-state index is -1.10. The first-order valence-corrected chi connectivity index (χ1v) is 10.8. The molecule has 3 aromatic rings. The Morgan fingerprint density at radius 2 is 2.06 bits per heavy atom. The van der Waals surface area contributed by atoms with Crippen LogP contribution < -0.4 is 10.3 Å². The third kappa shape index (κ3) is 5.14. The van der Waals surface area contributed by atoms with E-state index in [0.29, 0.717) is 27.3 Å². The topological polar surface area (TPSA) is 93.8 Å². The van der Waals surface area contributed by atoms with Crippen LogP contribution in [-0.4, -0.2) is 33.1 Å². The number of ether oxygens (including phenoxy) is 1. The van der Waals surface area contributed by atoms with Crippen molar-refractivity contribution in [1.29, 1.82) is 0 Å². The van der Waals surface area contributed by atoms with Crippen LogP contribution in [-0.2, 0) is 4.79 Å². The first-order chi connectivity index (χ1) is 14.7. The Labute approximate surface area is 192 Å². The second-order valence-corrected chi connectivity index (χ2v) is 8.43. The summed E-state index contributed by atoms with van der Waals surface area (Å²) in [4.78, 5) is 29.0. The molecule has 2 aromatic carbocycles. The van der Waals surface area contributed by atoms with E-state index in [-0.39, 0.29) is 17.2 Å². The Bertz CT molecular complexity index is 1230. The molecule has 9 heteroatoms. The van der Waals surface area contributed by atoms with Crippen molar-refractivity contribution in [3.63, 3.8) is 0 Å². The highest BCUT2D eigenvalue weighted by molar-refractivity contribution is 9.10. The van der Waals surface area contributed by atoms with Gasteiger partial charge < -0.3 is 9.84 Å². The normalized spacial score (nSPS) is 13.5. The molecule has 0 aliphatic carbocycles. The quantitative estimate of drug-likeness (QED) is 0.452. The van der Waals surface area contributed by atoms with E-state index in [4.69, 9.17) is 21.4 Å². The Morgan fingerprint density at radius 1 is 1.32 bits per heavy atom. The Kier molecular flexibility index (Phi) is 7.12. The lowest BCUT2D eigenvalue weighted by Gasteiger charge is -2.15. The Morgan fingerprint density at radius 3 is 2.74 bits per heavy atom. The van der Waals surface area contributed by atoms with E-state index in [9.17, 15) is 9.59 Å². The van der Waals surface area contributed by atoms with Crippen LogP contribution in [0.2, 0.25) is 5.02 Å². The van der Waals surface area contributed by atoms with Gasteiger partial charge in [-0.2, -0.15) is 9.78 Å². The van der Waals surface area contributed by atoms with Crippen LogP contribution in [0.3, 0.4) is 0 Å². The molecular weight excluding hydrogens is 486 g/mol. The summed E-state index contributed by atoms with van der Waals surface area (Å²) in [5.41, 5.74) is 0.732. The summed E-state index contributed by atoms with van der Waals surface area (Å²) in [6.45, 7) is 5.41. The number of hydrogen-bond acceptors (Lipinski definition) is 5. The van der Waals surface area contributed by atoms with Crippen molar-refractivity contribution in [3.05, 3.63) is 67.6 Å². The zero-order valence-corrected chi connectivity index (χ0v) is 19.5. The molecule has 0 fully saturated rings. The standard InChI is InChI=1S/C22H21BrClN3O4/c1-4-12(2)20-26-18-7-5-15(23)10-17(18)21(28)27(20)25-11-14-9-16(24)6-8-19(14)31-13(3)22(29)30/h5-13H,4H2,1-3H3,(H,29,30)/t12-,13-/m0/s1. The van der Waals surface area contributed by atoms with Gasteiger partial charge in [-0.15, -0.1) is 0 Å². The predicted octanol–water partition coefficient (Wildman–Crippen LogP) is 5.06. The second-order valence-electron chi connectivity index (χ2n) is 7.08. The van der Waals surface area contributed by atoms with Crippen LogP contribution in [0, 0.1) is 0 Å². The number of carbonyl (C=O) groups is 1. The first kappa shape index (κ1) is 23.0. The van der Waals surface area contributed by atoms with Gasteiger partial charge in [0.2, 0.25) is 0 Å². The van der Waals surface area contributed by atoms with Crippen LogP contribution in [0.15, 0.2) is 50.8 Å². The molecule has 2 atom stereocenters. The van der Waals surface area contributed by atoms with E-state index in [2.05, 4.69) is 26.0 Å². The van der Waals surface area contributed by atoms with Gasteiger partial charge in [-0.25, -0.2) is 9.78 Å². The second kappa shape index (κ2) is 9.62. The third-order valence-electron chi connectivity index (χ3n) is 4.82. The highest BCUT2D eigenvalue weighted by atomic mass is 79.9. The molecule has 1 N–H and O–H groups in total. The van der Waals surface area contributed by atoms with E-state index in [1.54, 1.807) is 30.3 Å². The summed E-state index contributed by atoms with van der Waals surface area (Å²) in [6.07, 6.45) is 1.13. The molecule has 162 valence electrons. The van der Waals surface area contributed by atoms with Crippen LogP contribution in [0.4, 0.5) is 0 Å². The Balaban J connectivity index is 2.15. The maximum Gasteiger partial charge on any atom is 0.344 e. The minimum absolute atomic E-state index is 0.0139. The highest BCUT2D eigenvalue weighted by Gasteiger charge is 2.17. The van der Waals surface area contributed by atoms with Crippen LogP contribution in [0.5, 0.6) is 5.75 Å². The van der Waals surface area contributed by atoms with E-state index in [1.807, 2.05) is 19.9 Å². The van der Waals surface area contributed by atoms with E-state index in [0.717, 1.165) is 10.9 Å². The summed E-state index contributed by atoms with van der Waals surface area (Å²) in [5.74, 6) is -0.294. The van der Waals surface area contributed by atoms with Crippen LogP contribution in [0.25, 0.3) is 10.9 Å². The van der Waals surface area contributed by atoms with Gasteiger partial charge in [-0.3, -0.25) is 4.79 Å². The van der Waals surface area contributed by atoms with Crippen molar-refractivity contribution >= 4 is 50.6 Å². The largest absolute Gasteiger partial charge is 0.479 e. The molecule has 0 saturated carbocycles. The van der Waals surface area contributed by atoms with Gasteiger partial charge in [0.15, 0.2) is 6.10 Å². The van der Waals surface area contributed by atoms with Gasteiger partial charge >= 0.3 is 5.97 Å². The average Bonchev–Trinajstić information content (AvgIpc) is 2.74. The molecule has 0 amide bonds. The molecule has 0 aliphatic heterocycles. The first-order valence-electron chi connectivity index (χ1n) is 9.66. The van der Waals surface area contributed by atoms with Gasteiger partial charge in [0, 0.05) is 21.0 Å². The maximum atomic E-state index is 13.2. The SMILES string of the molecule is CC[C@H](C)c1nc2ccc(Br)cc2c(=O)n1N=Cc1cc(Cl)ccc1O[C@@H](C)C(=O)O. The number of halogens is 2. The lowest BCUT2D eigenvalue weighted by Crippen LogP contribution is -2.24. The van der Waals surface area contributed by atoms with Gasteiger partial charge in [0.25, 0.3) is 5.56 Å². The molecule has 7 nitrogen and oxygen atoms in total. The van der Waals surface area contributed by atoms with Gasteiger partial charge in [0.1, 0.15) is 11.6 Å². The number of carboxylic acids is 1. The molecule has 31 heavy (non-hydrogen) atoms. The fourth-order valence-corrected chi connectivity index (χ4v) is 3.41. The molecule has 0 radical (unpaired) electrons. The number of aromatic nitrogens is 2. The van der Waals surface area contributed by atoms with Gasteiger partial charge in [0.05, 0.1) is 17.1 Å². The number of rotatable bonds is 7. The number of nitrogens with zero attached hydrogens (tertiary/aromatic N) is 3. The zero-order chi connectivity index (χ0) is 22.7. The average molecular weight is 507 g/mol. The number of benzene rings is 2. The van der Waals surface area contributed by atoms with Crippen molar-refractivity contribution in [2.45, 2.75) is 39.2 Å². The van der Waals surface area contributed by atoms with E-state index < -0.39 is 12.1 Å². The minimum Gasteiger partial charge on any atom is -0.479 e. The lowest BCUT2D eigenvalue weighted by molar-refractivity contribution is -0.144. The molecule has 1 aromatic heterocycles. The molecule has 0 bridgehead atoms. The van der Waals surface area contributed by atoms with Crippen molar-refractivity contribution in [3.8, 4) is 5.75 Å². The van der Waals surface area contributed by atoms with Crippen molar-refractivity contribution in [1.82, 2.24) is 9.66 Å². The molecule has 0 unspecified atom stereocenters. The fourth-order valence-electron chi connectivity index (χ4n) is 2.87. The molecule has 3 rings (SSSR count). The maximum absolute atomic E-state index is 13.2. The summed E-state index contributed by atoms with van der Waals surface area (Å²) >= 11 is 9.50. The molecule has 1 heterocycles. The number of fused-ring (bicyclic) bond motifs is 1. The Hall–Kier alpha value is -2.71. The molecular formula is C22H21BrClN3O4. The summed E-state index contributed by atoms with van der Waals surface area (Å²) in [6, 6.07) is 10.1. The number of aliphatic carboxylic acids is 1. The number of carboxylic acid groups (broad SMARTS) is 1. The molecule has 0 saturated heterocycles. The highest BCUT2D eigenvalue weighted by Crippen LogP contribution is 2.24. The number of hydrogen-bond donors (Lipinski definition) is 1. The van der Waals surface area contributed by atoms with E-state index in [1.165, 1.54) is 17.8 Å². The monoisotopic (exact) mass is 505 g/mol. The summed E-state index contributed by atoms with van der Waals surface area (Å²) in [5, 5.41) is 14.4. The van der Waals surface area contributed by atoms with Gasteiger partial charge in [-0.1, -0.05) is 41.4 Å². The van der Waals surface area contributed by atoms with E-state index >= 15 is 0 Å². The van der Waals surface area contributed by atoms with Crippen molar-refractivity contribution in [2.75, 3.05) is 0 Å². The van der Waals surface area contributed by atoms with Crippen molar-refractivity contribution < 1.29 is 14.6 Å². The summed E-state index contributed by atoms with van der Waals surface area (Å²) < 4.78 is 7.54. The van der Waals surface area contributed by atoms with Crippen molar-refractivity contribution in [2.24, 2.45) is 5.10 Å². The molecule has 0 spiro atoms. The van der Waals surface area contributed by atoms with Crippen LogP contribution in [0.1, 0.15) is 44.5 Å². The van der Waals surface area contributed by atoms with Gasteiger partial charge in [-0.05, 0) is 49.7 Å². The third-order valence-corrected chi connectivity index (χ3v) is 5.55. The zero-order valence-electron chi connectivity index (χ0n) is 17.2. The predicted molar refractivity (Wildman–Crippen MR) is 125 cm³/mol. The lowest BCUT2D eigenvalue weighted by atomic mass is 10.1. The summed E-state index contributed by atoms with van der Waals surface area (Å²) in [7, 11) is 0.